The molecule has 0 aliphatic heterocycles. The number of hydrogen-bond acceptors (Lipinski definition) is 1. The molecule has 2 rings (SSSR count). The smallest absolute Gasteiger partial charge is 0.0642 e. The van der Waals surface area contributed by atoms with Gasteiger partial charge in [0.05, 0.1) is 10.0 Å². The molecule has 3 heteroatoms. The van der Waals surface area contributed by atoms with Crippen molar-refractivity contribution < 1.29 is 0 Å². The van der Waals surface area contributed by atoms with E-state index in [4.69, 9.17) is 23.2 Å². The van der Waals surface area contributed by atoms with Crippen LogP contribution in [-0.2, 0) is 5.54 Å². The maximum Gasteiger partial charge on any atom is 0.0642 e. The molecule has 0 aromatic heterocycles. The number of nitrogens with one attached hydrogen (secondary N) is 1. The van der Waals surface area contributed by atoms with Crippen molar-refractivity contribution in [3.63, 3.8) is 0 Å². The highest BCUT2D eigenvalue weighted by Gasteiger charge is 2.44. The van der Waals surface area contributed by atoms with E-state index in [1.165, 1.54) is 0 Å². The van der Waals surface area contributed by atoms with Crippen LogP contribution >= 0.6 is 23.2 Å². The second-order valence-electron chi connectivity index (χ2n) is 3.43. The zero-order valence-electron chi connectivity index (χ0n) is 7.40. The van der Waals surface area contributed by atoms with Crippen molar-refractivity contribution in [2.45, 2.75) is 18.4 Å². The van der Waals surface area contributed by atoms with Gasteiger partial charge in [-0.3, -0.25) is 0 Å². The first-order chi connectivity index (χ1) is 6.19. The van der Waals surface area contributed by atoms with Gasteiger partial charge < -0.3 is 5.32 Å². The van der Waals surface area contributed by atoms with Crippen molar-refractivity contribution >= 4 is 23.2 Å². The van der Waals surface area contributed by atoms with E-state index in [2.05, 4.69) is 5.32 Å². The lowest BCUT2D eigenvalue weighted by Crippen LogP contribution is -2.24. The largest absolute Gasteiger partial charge is 0.310 e. The molecule has 1 fully saturated rings. The van der Waals surface area contributed by atoms with Crippen LogP contribution < -0.4 is 5.32 Å². The summed E-state index contributed by atoms with van der Waals surface area (Å²) in [4.78, 5) is 0. The van der Waals surface area contributed by atoms with Gasteiger partial charge in [0, 0.05) is 5.54 Å². The van der Waals surface area contributed by atoms with E-state index in [0.717, 1.165) is 18.4 Å². The number of benzene rings is 1. The van der Waals surface area contributed by atoms with Crippen molar-refractivity contribution in [3.8, 4) is 0 Å². The molecule has 1 nitrogen and oxygen atoms in total. The molecule has 1 aliphatic carbocycles. The second kappa shape index (κ2) is 3.16. The Hall–Kier alpha value is -0.240. The van der Waals surface area contributed by atoms with Crippen LogP contribution in [0.5, 0.6) is 0 Å². The summed E-state index contributed by atoms with van der Waals surface area (Å²) in [5.74, 6) is 0. The fourth-order valence-electron chi connectivity index (χ4n) is 1.65. The average Bonchev–Trinajstić information content (AvgIpc) is 2.90. The third-order valence-corrected chi connectivity index (χ3v) is 3.51. The number of rotatable bonds is 2. The van der Waals surface area contributed by atoms with Gasteiger partial charge in [0.1, 0.15) is 0 Å². The van der Waals surface area contributed by atoms with Crippen LogP contribution in [0.25, 0.3) is 0 Å². The van der Waals surface area contributed by atoms with Crippen LogP contribution in [0.4, 0.5) is 0 Å². The van der Waals surface area contributed by atoms with Gasteiger partial charge in [0.2, 0.25) is 0 Å². The van der Waals surface area contributed by atoms with E-state index in [0.29, 0.717) is 10.0 Å². The predicted octanol–water partition coefficient (Wildman–Crippen LogP) is 3.20. The summed E-state index contributed by atoms with van der Waals surface area (Å²) in [7, 11) is 1.96. The zero-order chi connectivity index (χ0) is 9.47. The van der Waals surface area contributed by atoms with E-state index in [1.807, 2.05) is 25.2 Å². The normalized spacial score (nSPS) is 18.7. The van der Waals surface area contributed by atoms with Gasteiger partial charge in [-0.25, -0.2) is 0 Å². The summed E-state index contributed by atoms with van der Waals surface area (Å²) in [5.41, 5.74) is 1.23. The second-order valence-corrected chi connectivity index (χ2v) is 4.22. The third-order valence-electron chi connectivity index (χ3n) is 2.70. The molecule has 70 valence electrons. The van der Waals surface area contributed by atoms with Gasteiger partial charge in [0.15, 0.2) is 0 Å². The Bertz CT molecular complexity index is 332. The van der Waals surface area contributed by atoms with Gasteiger partial charge >= 0.3 is 0 Å². The zero-order valence-corrected chi connectivity index (χ0v) is 8.91. The van der Waals surface area contributed by atoms with Crippen LogP contribution in [0.15, 0.2) is 18.2 Å². The lowest BCUT2D eigenvalue weighted by atomic mass is 10.1. The molecule has 0 radical (unpaired) electrons. The summed E-state index contributed by atoms with van der Waals surface area (Å²) >= 11 is 12.1. The highest BCUT2D eigenvalue weighted by Crippen LogP contribution is 2.48. The predicted molar refractivity (Wildman–Crippen MR) is 56.4 cm³/mol. The minimum Gasteiger partial charge on any atom is -0.310 e. The van der Waals surface area contributed by atoms with Gasteiger partial charge in [-0.1, -0.05) is 35.3 Å². The van der Waals surface area contributed by atoms with Crippen LogP contribution in [0.3, 0.4) is 0 Å². The van der Waals surface area contributed by atoms with Gasteiger partial charge in [-0.15, -0.1) is 0 Å². The van der Waals surface area contributed by atoms with E-state index in [-0.39, 0.29) is 5.54 Å². The molecule has 0 saturated heterocycles. The molecule has 0 bridgehead atoms. The quantitative estimate of drug-likeness (QED) is 0.800. The summed E-state index contributed by atoms with van der Waals surface area (Å²) < 4.78 is 0. The summed E-state index contributed by atoms with van der Waals surface area (Å²) in [6.07, 6.45) is 2.28. The van der Waals surface area contributed by atoms with Gasteiger partial charge in [-0.2, -0.15) is 0 Å². The molecule has 0 spiro atoms. The molecule has 13 heavy (non-hydrogen) atoms. The first-order valence-electron chi connectivity index (χ1n) is 4.33. The van der Waals surface area contributed by atoms with Crippen molar-refractivity contribution in [1.29, 1.82) is 0 Å². The monoisotopic (exact) mass is 215 g/mol. The first-order valence-corrected chi connectivity index (χ1v) is 5.09. The van der Waals surface area contributed by atoms with Crippen LogP contribution in [-0.4, -0.2) is 7.05 Å². The van der Waals surface area contributed by atoms with E-state index in [9.17, 15) is 0 Å². The fourth-order valence-corrected chi connectivity index (χ4v) is 2.13. The first kappa shape index (κ1) is 9.32. The molecule has 1 N–H and O–H groups in total. The average molecular weight is 216 g/mol. The van der Waals surface area contributed by atoms with Gasteiger partial charge in [0.25, 0.3) is 0 Å². The SMILES string of the molecule is CNC1(c2cccc(Cl)c2Cl)CC1. The van der Waals surface area contributed by atoms with Crippen LogP contribution in [0.1, 0.15) is 18.4 Å². The Morgan fingerprint density at radius 3 is 2.54 bits per heavy atom. The standard InChI is InChI=1S/C10H11Cl2N/c1-13-10(5-6-10)7-3-2-4-8(11)9(7)12/h2-4,13H,5-6H2,1H3. The van der Waals surface area contributed by atoms with Gasteiger partial charge in [-0.05, 0) is 31.5 Å². The lowest BCUT2D eigenvalue weighted by molar-refractivity contribution is 0.586. The molecule has 0 atom stereocenters. The Balaban J connectivity index is 2.46. The highest BCUT2D eigenvalue weighted by molar-refractivity contribution is 6.42. The summed E-state index contributed by atoms with van der Waals surface area (Å²) in [6.45, 7) is 0. The van der Waals surface area contributed by atoms with Crippen molar-refractivity contribution in [3.05, 3.63) is 33.8 Å². The minimum absolute atomic E-state index is 0.0992. The number of hydrogen-bond donors (Lipinski definition) is 1. The Kier molecular flexibility index (Phi) is 2.26. The van der Waals surface area contributed by atoms with Crippen molar-refractivity contribution in [2.75, 3.05) is 7.05 Å². The molecule has 1 aliphatic rings. The third kappa shape index (κ3) is 1.45. The minimum atomic E-state index is 0.0992. The molecule has 1 aromatic rings. The molecule has 1 aromatic carbocycles. The van der Waals surface area contributed by atoms with E-state index >= 15 is 0 Å². The molecule has 0 heterocycles. The Morgan fingerprint density at radius 2 is 2.00 bits per heavy atom. The number of halogens is 2. The maximum atomic E-state index is 6.12. The van der Waals surface area contributed by atoms with Crippen LogP contribution in [0.2, 0.25) is 10.0 Å². The molecule has 0 amide bonds. The Labute approximate surface area is 88.0 Å². The highest BCUT2D eigenvalue weighted by atomic mass is 35.5. The summed E-state index contributed by atoms with van der Waals surface area (Å²) in [6, 6.07) is 5.80. The molecule has 1 saturated carbocycles. The van der Waals surface area contributed by atoms with Crippen molar-refractivity contribution in [2.24, 2.45) is 0 Å². The van der Waals surface area contributed by atoms with E-state index in [1.54, 1.807) is 0 Å². The molecule has 0 unspecified atom stereocenters. The van der Waals surface area contributed by atoms with E-state index < -0.39 is 0 Å². The van der Waals surface area contributed by atoms with Crippen molar-refractivity contribution in [1.82, 2.24) is 5.32 Å². The topological polar surface area (TPSA) is 12.0 Å². The summed E-state index contributed by atoms with van der Waals surface area (Å²) in [5, 5.41) is 4.62. The lowest BCUT2D eigenvalue weighted by Gasteiger charge is -2.16. The molecular weight excluding hydrogens is 205 g/mol. The van der Waals surface area contributed by atoms with Crippen LogP contribution in [0, 0.1) is 0 Å². The Morgan fingerprint density at radius 1 is 1.31 bits per heavy atom. The molecular formula is C10H11Cl2N. The maximum absolute atomic E-state index is 6.12. The fraction of sp³-hybridized carbons (Fsp3) is 0.400.